The average Bonchev–Trinajstić information content (AvgIpc) is 2.85. The van der Waals surface area contributed by atoms with E-state index in [0.29, 0.717) is 11.4 Å². The van der Waals surface area contributed by atoms with Gasteiger partial charge in [0.25, 0.3) is 0 Å². The van der Waals surface area contributed by atoms with Gasteiger partial charge in [-0.15, -0.1) is 0 Å². The molecule has 0 aliphatic heterocycles. The maximum atomic E-state index is 12.6. The van der Waals surface area contributed by atoms with Crippen LogP contribution >= 0.6 is 0 Å². The molecule has 0 saturated carbocycles. The van der Waals surface area contributed by atoms with E-state index < -0.39 is 10.0 Å². The average molecular weight is 307 g/mol. The van der Waals surface area contributed by atoms with Gasteiger partial charge in [0.1, 0.15) is 0 Å². The topological polar surface area (TPSA) is 55.2 Å². The summed E-state index contributed by atoms with van der Waals surface area (Å²) >= 11 is 0. The summed E-state index contributed by atoms with van der Waals surface area (Å²) in [5.41, 5.74) is 2.71. The summed E-state index contributed by atoms with van der Waals surface area (Å²) in [6.07, 6.45) is 3.57. The zero-order chi connectivity index (χ0) is 15.6. The van der Waals surface area contributed by atoms with Crippen molar-refractivity contribution in [2.75, 3.05) is 7.05 Å². The number of hydrogen-bond donors (Lipinski definition) is 0. The van der Waals surface area contributed by atoms with Crippen LogP contribution in [0.4, 0.5) is 0 Å². The van der Waals surface area contributed by atoms with Crippen molar-refractivity contribution in [2.45, 2.75) is 38.8 Å². The first kappa shape index (κ1) is 15.7. The van der Waals surface area contributed by atoms with E-state index >= 15 is 0 Å². The molecule has 0 aliphatic carbocycles. The van der Waals surface area contributed by atoms with E-state index in [2.05, 4.69) is 5.10 Å². The van der Waals surface area contributed by atoms with E-state index in [4.69, 9.17) is 0 Å². The molecule has 0 aliphatic rings. The number of benzene rings is 1. The number of hydrogen-bond acceptors (Lipinski definition) is 3. The van der Waals surface area contributed by atoms with Crippen LogP contribution in [-0.2, 0) is 23.1 Å². The van der Waals surface area contributed by atoms with Gasteiger partial charge in [-0.25, -0.2) is 8.42 Å². The van der Waals surface area contributed by atoms with Crippen molar-refractivity contribution in [3.63, 3.8) is 0 Å². The SMILES string of the molecule is CCn1cc(CN(C)S(=O)(=O)c2ccc(C)cc2C)cn1. The highest BCUT2D eigenvalue weighted by molar-refractivity contribution is 7.89. The second kappa shape index (κ2) is 5.99. The smallest absolute Gasteiger partial charge is 0.243 e. The predicted octanol–water partition coefficient (Wildman–Crippen LogP) is 2.34. The molecule has 0 bridgehead atoms. The second-order valence-corrected chi connectivity index (χ2v) is 7.25. The molecule has 0 atom stereocenters. The fraction of sp³-hybridized carbons (Fsp3) is 0.400. The molecule has 1 aromatic carbocycles. The van der Waals surface area contributed by atoms with Crippen molar-refractivity contribution >= 4 is 10.0 Å². The Morgan fingerprint density at radius 2 is 2.00 bits per heavy atom. The first-order valence-corrected chi connectivity index (χ1v) is 8.33. The Morgan fingerprint density at radius 1 is 1.29 bits per heavy atom. The van der Waals surface area contributed by atoms with Gasteiger partial charge in [-0.3, -0.25) is 4.68 Å². The number of sulfonamides is 1. The molecule has 0 amide bonds. The van der Waals surface area contributed by atoms with Gasteiger partial charge in [0.05, 0.1) is 11.1 Å². The van der Waals surface area contributed by atoms with E-state index in [0.717, 1.165) is 23.2 Å². The van der Waals surface area contributed by atoms with Crippen molar-refractivity contribution in [3.05, 3.63) is 47.3 Å². The third kappa shape index (κ3) is 3.33. The molecule has 21 heavy (non-hydrogen) atoms. The fourth-order valence-corrected chi connectivity index (χ4v) is 3.62. The molecular weight excluding hydrogens is 286 g/mol. The van der Waals surface area contributed by atoms with Crippen LogP contribution in [0.5, 0.6) is 0 Å². The highest BCUT2D eigenvalue weighted by Gasteiger charge is 2.23. The lowest BCUT2D eigenvalue weighted by molar-refractivity contribution is 0.466. The van der Waals surface area contributed by atoms with Gasteiger partial charge >= 0.3 is 0 Å². The lowest BCUT2D eigenvalue weighted by atomic mass is 10.2. The molecule has 114 valence electrons. The van der Waals surface area contributed by atoms with Gasteiger partial charge < -0.3 is 0 Å². The van der Waals surface area contributed by atoms with Crippen LogP contribution in [0.1, 0.15) is 23.6 Å². The van der Waals surface area contributed by atoms with Gasteiger partial charge in [-0.2, -0.15) is 9.40 Å². The van der Waals surface area contributed by atoms with E-state index in [1.807, 2.05) is 39.1 Å². The molecule has 0 radical (unpaired) electrons. The number of rotatable bonds is 5. The summed E-state index contributed by atoms with van der Waals surface area (Å²) in [6, 6.07) is 5.38. The molecule has 6 heteroatoms. The first-order valence-electron chi connectivity index (χ1n) is 6.89. The lowest BCUT2D eigenvalue weighted by Crippen LogP contribution is -2.27. The second-order valence-electron chi connectivity index (χ2n) is 5.23. The minimum Gasteiger partial charge on any atom is -0.273 e. The third-order valence-corrected chi connectivity index (χ3v) is 5.40. The summed E-state index contributed by atoms with van der Waals surface area (Å²) in [4.78, 5) is 0.360. The van der Waals surface area contributed by atoms with Crippen LogP contribution < -0.4 is 0 Å². The summed E-state index contributed by atoms with van der Waals surface area (Å²) in [7, 11) is -1.89. The highest BCUT2D eigenvalue weighted by atomic mass is 32.2. The molecule has 0 unspecified atom stereocenters. The van der Waals surface area contributed by atoms with E-state index in [1.165, 1.54) is 4.31 Å². The van der Waals surface area contributed by atoms with Gasteiger partial charge in [0.2, 0.25) is 10.0 Å². The van der Waals surface area contributed by atoms with Crippen molar-refractivity contribution in [1.82, 2.24) is 14.1 Å². The monoisotopic (exact) mass is 307 g/mol. The summed E-state index contributed by atoms with van der Waals surface area (Å²) in [5, 5.41) is 4.17. The predicted molar refractivity (Wildman–Crippen MR) is 82.5 cm³/mol. The molecule has 0 N–H and O–H groups in total. The van der Waals surface area contributed by atoms with Crippen molar-refractivity contribution in [2.24, 2.45) is 0 Å². The molecule has 0 saturated heterocycles. The highest BCUT2D eigenvalue weighted by Crippen LogP contribution is 2.21. The van der Waals surface area contributed by atoms with Crippen molar-refractivity contribution in [1.29, 1.82) is 0 Å². The Kier molecular flexibility index (Phi) is 4.49. The van der Waals surface area contributed by atoms with Crippen molar-refractivity contribution < 1.29 is 8.42 Å². The van der Waals surface area contributed by atoms with Gasteiger partial charge in [0, 0.05) is 31.9 Å². The number of nitrogens with zero attached hydrogens (tertiary/aromatic N) is 3. The maximum absolute atomic E-state index is 12.6. The molecule has 0 fully saturated rings. The van der Waals surface area contributed by atoms with Crippen LogP contribution in [0, 0.1) is 13.8 Å². The van der Waals surface area contributed by atoms with Gasteiger partial charge in [-0.05, 0) is 32.4 Å². The third-order valence-electron chi connectivity index (χ3n) is 3.43. The van der Waals surface area contributed by atoms with E-state index in [-0.39, 0.29) is 0 Å². The fourth-order valence-electron chi connectivity index (χ4n) is 2.26. The Balaban J connectivity index is 2.25. The first-order chi connectivity index (χ1) is 9.84. The largest absolute Gasteiger partial charge is 0.273 e. The van der Waals surface area contributed by atoms with Crippen LogP contribution in [0.15, 0.2) is 35.5 Å². The summed E-state index contributed by atoms with van der Waals surface area (Å²) in [6.45, 7) is 6.85. The Morgan fingerprint density at radius 3 is 2.57 bits per heavy atom. The van der Waals surface area contributed by atoms with Crippen LogP contribution in [0.3, 0.4) is 0 Å². The minimum absolute atomic E-state index is 0.315. The minimum atomic E-state index is -3.49. The maximum Gasteiger partial charge on any atom is 0.243 e. The Labute approximate surface area is 126 Å². The molecule has 1 aromatic heterocycles. The number of aryl methyl sites for hydroxylation is 3. The Hall–Kier alpha value is -1.66. The quantitative estimate of drug-likeness (QED) is 0.852. The Bertz CT molecular complexity index is 735. The molecule has 0 spiro atoms. The van der Waals surface area contributed by atoms with E-state index in [9.17, 15) is 8.42 Å². The summed E-state index contributed by atoms with van der Waals surface area (Å²) < 4.78 is 28.4. The molecule has 5 nitrogen and oxygen atoms in total. The van der Waals surface area contributed by atoms with Crippen LogP contribution in [-0.4, -0.2) is 29.6 Å². The zero-order valence-corrected chi connectivity index (χ0v) is 13.7. The summed E-state index contributed by atoms with van der Waals surface area (Å²) in [5.74, 6) is 0. The molecule has 2 aromatic rings. The molecular formula is C15H21N3O2S. The van der Waals surface area contributed by atoms with E-state index in [1.54, 1.807) is 24.0 Å². The van der Waals surface area contributed by atoms with Gasteiger partial charge in [-0.1, -0.05) is 17.7 Å². The molecule has 2 rings (SSSR count). The molecule has 1 heterocycles. The van der Waals surface area contributed by atoms with Gasteiger partial charge in [0.15, 0.2) is 0 Å². The standard InChI is InChI=1S/C15H21N3O2S/c1-5-18-11-14(9-16-18)10-17(4)21(19,20)15-7-6-12(2)8-13(15)3/h6-9,11H,5,10H2,1-4H3. The zero-order valence-electron chi connectivity index (χ0n) is 12.9. The van der Waals surface area contributed by atoms with Crippen molar-refractivity contribution in [3.8, 4) is 0 Å². The normalized spacial score (nSPS) is 12.0. The van der Waals surface area contributed by atoms with Crippen LogP contribution in [0.2, 0.25) is 0 Å². The lowest BCUT2D eigenvalue weighted by Gasteiger charge is -2.18. The van der Waals surface area contributed by atoms with Crippen LogP contribution in [0.25, 0.3) is 0 Å². The number of aromatic nitrogens is 2.